The first kappa shape index (κ1) is 16.9. The van der Waals surface area contributed by atoms with E-state index in [4.69, 9.17) is 16.0 Å². The minimum absolute atomic E-state index is 0.0438. The minimum atomic E-state index is -0.950. The average molecular weight is 270 g/mol. The number of carbonyl (C=O) groups excluding carboxylic acids is 3. The molecule has 106 valence electrons. The Morgan fingerprint density at radius 3 is 2.58 bits per heavy atom. The molecular weight excluding hydrogens is 252 g/mol. The number of amides is 1. The van der Waals surface area contributed by atoms with Gasteiger partial charge in [0.25, 0.3) is 0 Å². The highest BCUT2D eigenvalue weighted by molar-refractivity contribution is 6.25. The fourth-order valence-corrected chi connectivity index (χ4v) is 1.21. The van der Waals surface area contributed by atoms with Gasteiger partial charge in [-0.3, -0.25) is 9.59 Å². The van der Waals surface area contributed by atoms with Gasteiger partial charge in [-0.1, -0.05) is 0 Å². The summed E-state index contributed by atoms with van der Waals surface area (Å²) in [6.07, 6.45) is 0.713. The Morgan fingerprint density at radius 1 is 1.47 bits per heavy atom. The van der Waals surface area contributed by atoms with Crippen LogP contribution in [-0.4, -0.2) is 47.4 Å². The van der Waals surface area contributed by atoms with Crippen LogP contribution < -0.4 is 11.1 Å². The lowest BCUT2D eigenvalue weighted by Gasteiger charge is -2.17. The van der Waals surface area contributed by atoms with Gasteiger partial charge in [-0.25, -0.2) is 4.79 Å². The molecule has 0 radical (unpaired) electrons. The van der Waals surface area contributed by atoms with Crippen molar-refractivity contribution in [2.75, 3.05) is 6.61 Å². The molecule has 3 N–H and O–H groups in total. The number of nitrogens with zero attached hydrogens (tertiary/aromatic N) is 2. The molecule has 0 rings (SSSR count). The number of nitrogens with one attached hydrogen (secondary N) is 1. The van der Waals surface area contributed by atoms with E-state index in [1.165, 1.54) is 6.92 Å². The maximum absolute atomic E-state index is 11.6. The Labute approximate surface area is 110 Å². The Balaban J connectivity index is 4.58. The second kappa shape index (κ2) is 8.96. The molecule has 0 aromatic heterocycles. The summed E-state index contributed by atoms with van der Waals surface area (Å²) in [5, 5.41) is 2.40. The molecule has 0 bridgehead atoms. The Bertz CT molecular complexity index is 388. The van der Waals surface area contributed by atoms with Crippen molar-refractivity contribution in [3.05, 3.63) is 5.53 Å². The van der Waals surface area contributed by atoms with Gasteiger partial charge < -0.3 is 21.3 Å². The van der Waals surface area contributed by atoms with Crippen molar-refractivity contribution in [3.63, 3.8) is 0 Å². The Morgan fingerprint density at radius 2 is 2.11 bits per heavy atom. The molecule has 8 heteroatoms. The summed E-state index contributed by atoms with van der Waals surface area (Å²) in [6, 6.07) is -1.72. The molecule has 0 spiro atoms. The topological polar surface area (TPSA) is 135 Å². The standard InChI is InChI=1S/C11H18N4O4/c1-3-19-11(18)9(15-10(17)7(2)12)5-4-8(16)6-14-13/h6-7,9H,3-5,12H2,1-2H3,(H,15,17)/t7-,9-/m0/s1. The van der Waals surface area contributed by atoms with E-state index in [1.54, 1.807) is 6.92 Å². The van der Waals surface area contributed by atoms with Crippen LogP contribution in [0.4, 0.5) is 0 Å². The van der Waals surface area contributed by atoms with Crippen LogP contribution in [0.25, 0.3) is 5.53 Å². The van der Waals surface area contributed by atoms with Gasteiger partial charge in [-0.05, 0) is 20.3 Å². The normalized spacial score (nSPS) is 12.8. The first-order valence-corrected chi connectivity index (χ1v) is 5.85. The number of ether oxygens (including phenoxy) is 1. The second-order valence-corrected chi connectivity index (χ2v) is 3.85. The third-order valence-corrected chi connectivity index (χ3v) is 2.18. The summed E-state index contributed by atoms with van der Waals surface area (Å²) in [4.78, 5) is 36.8. The summed E-state index contributed by atoms with van der Waals surface area (Å²) >= 11 is 0. The van der Waals surface area contributed by atoms with Crippen LogP contribution in [-0.2, 0) is 19.1 Å². The number of esters is 1. The fraction of sp³-hybridized carbons (Fsp3) is 0.636. The molecule has 8 nitrogen and oxygen atoms in total. The highest BCUT2D eigenvalue weighted by atomic mass is 16.5. The lowest BCUT2D eigenvalue weighted by atomic mass is 10.1. The number of rotatable bonds is 8. The lowest BCUT2D eigenvalue weighted by molar-refractivity contribution is -0.147. The molecule has 0 saturated heterocycles. The molecule has 0 fully saturated rings. The zero-order valence-electron chi connectivity index (χ0n) is 11.0. The molecule has 2 atom stereocenters. The van der Waals surface area contributed by atoms with E-state index in [-0.39, 0.29) is 19.4 Å². The van der Waals surface area contributed by atoms with Gasteiger partial charge in [-0.2, -0.15) is 4.79 Å². The molecule has 0 aliphatic rings. The molecule has 0 aliphatic carbocycles. The van der Waals surface area contributed by atoms with E-state index in [0.29, 0.717) is 0 Å². The fourth-order valence-electron chi connectivity index (χ4n) is 1.21. The van der Waals surface area contributed by atoms with E-state index in [9.17, 15) is 14.4 Å². The summed E-state index contributed by atoms with van der Waals surface area (Å²) in [5.41, 5.74) is 13.6. The van der Waals surface area contributed by atoms with E-state index in [0.717, 1.165) is 6.21 Å². The monoisotopic (exact) mass is 270 g/mol. The third-order valence-electron chi connectivity index (χ3n) is 2.18. The average Bonchev–Trinajstić information content (AvgIpc) is 2.34. The van der Waals surface area contributed by atoms with Crippen molar-refractivity contribution < 1.29 is 23.9 Å². The highest BCUT2D eigenvalue weighted by Crippen LogP contribution is 2.01. The molecular formula is C11H18N4O4. The highest BCUT2D eigenvalue weighted by Gasteiger charge is 2.24. The molecule has 0 aliphatic heterocycles. The molecule has 0 aromatic carbocycles. The molecule has 1 amide bonds. The van der Waals surface area contributed by atoms with Gasteiger partial charge in [0.05, 0.1) is 12.6 Å². The zero-order valence-corrected chi connectivity index (χ0v) is 11.0. The number of Topliss-reactive ketones (excluding diaryl/α,β-unsaturated/α-hetero) is 1. The van der Waals surface area contributed by atoms with Crippen LogP contribution in [0.2, 0.25) is 0 Å². The predicted molar refractivity (Wildman–Crippen MR) is 66.1 cm³/mol. The van der Waals surface area contributed by atoms with Crippen molar-refractivity contribution in [2.24, 2.45) is 5.73 Å². The summed E-state index contributed by atoms with van der Waals surface area (Å²) in [6.45, 7) is 3.27. The molecule has 19 heavy (non-hydrogen) atoms. The van der Waals surface area contributed by atoms with E-state index < -0.39 is 29.7 Å². The van der Waals surface area contributed by atoms with Gasteiger partial charge in [0.1, 0.15) is 6.04 Å². The number of nitrogens with two attached hydrogens (primary N) is 1. The van der Waals surface area contributed by atoms with Crippen LogP contribution in [0, 0.1) is 0 Å². The Hall–Kier alpha value is -2.05. The van der Waals surface area contributed by atoms with Gasteiger partial charge in [0.15, 0.2) is 0 Å². The van der Waals surface area contributed by atoms with Crippen molar-refractivity contribution in [1.82, 2.24) is 5.32 Å². The number of hydrogen-bond acceptors (Lipinski definition) is 5. The van der Waals surface area contributed by atoms with Crippen LogP contribution in [0.15, 0.2) is 0 Å². The first-order valence-electron chi connectivity index (χ1n) is 5.85. The molecule has 0 unspecified atom stereocenters. The molecule has 0 saturated carbocycles. The maximum Gasteiger partial charge on any atom is 0.328 e. The third kappa shape index (κ3) is 7.07. The molecule has 0 heterocycles. The summed E-state index contributed by atoms with van der Waals surface area (Å²) in [7, 11) is 0. The van der Waals surface area contributed by atoms with Crippen molar-refractivity contribution in [1.29, 1.82) is 0 Å². The van der Waals surface area contributed by atoms with E-state index in [2.05, 4.69) is 10.1 Å². The van der Waals surface area contributed by atoms with Gasteiger partial charge >= 0.3 is 12.2 Å². The van der Waals surface area contributed by atoms with Gasteiger partial charge in [-0.15, -0.1) is 0 Å². The number of carbonyl (C=O) groups is 3. The smallest absolute Gasteiger partial charge is 0.328 e. The van der Waals surface area contributed by atoms with Crippen LogP contribution in [0.5, 0.6) is 0 Å². The van der Waals surface area contributed by atoms with E-state index in [1.807, 2.05) is 0 Å². The van der Waals surface area contributed by atoms with Crippen molar-refractivity contribution in [3.8, 4) is 0 Å². The maximum atomic E-state index is 11.6. The Kier molecular flexibility index (Phi) is 7.99. The lowest BCUT2D eigenvalue weighted by Crippen LogP contribution is -2.48. The SMILES string of the molecule is CCOC(=O)[C@H](CCC(=O)C=[N+]=[N-])NC(=O)[C@H](C)N. The second-order valence-electron chi connectivity index (χ2n) is 3.85. The quantitative estimate of drug-likeness (QED) is 0.253. The summed E-state index contributed by atoms with van der Waals surface area (Å²) < 4.78 is 4.79. The van der Waals surface area contributed by atoms with Gasteiger partial charge in [0.2, 0.25) is 11.7 Å². The largest absolute Gasteiger partial charge is 0.464 e. The molecule has 0 aromatic rings. The number of ketones is 1. The predicted octanol–water partition coefficient (Wildman–Crippen LogP) is -0.969. The van der Waals surface area contributed by atoms with Crippen LogP contribution in [0.3, 0.4) is 0 Å². The zero-order chi connectivity index (χ0) is 14.8. The van der Waals surface area contributed by atoms with Crippen molar-refractivity contribution >= 4 is 23.9 Å². The van der Waals surface area contributed by atoms with Crippen LogP contribution >= 0.6 is 0 Å². The van der Waals surface area contributed by atoms with Crippen molar-refractivity contribution in [2.45, 2.75) is 38.8 Å². The summed E-state index contributed by atoms with van der Waals surface area (Å²) in [5.74, 6) is -1.61. The van der Waals surface area contributed by atoms with E-state index >= 15 is 0 Å². The van der Waals surface area contributed by atoms with Gasteiger partial charge in [0, 0.05) is 6.42 Å². The first-order chi connectivity index (χ1) is 8.92. The number of hydrogen-bond donors (Lipinski definition) is 2. The minimum Gasteiger partial charge on any atom is -0.464 e. The van der Waals surface area contributed by atoms with Crippen LogP contribution in [0.1, 0.15) is 26.7 Å².